The number of hydrogen-bond acceptors (Lipinski definition) is 5. The molecule has 0 spiro atoms. The number of hydrogen-bond donors (Lipinski definition) is 4. The molecule has 0 fully saturated rings. The molecule has 0 bridgehead atoms. The van der Waals surface area contributed by atoms with Crippen molar-refractivity contribution in [3.05, 3.63) is 87.1 Å². The molecule has 1 unspecified atom stereocenters. The number of alkyl halides is 3. The first kappa shape index (κ1) is 24.1. The molecule has 0 radical (unpaired) electrons. The van der Waals surface area contributed by atoms with Gasteiger partial charge < -0.3 is 25.7 Å². The molecule has 0 saturated heterocycles. The molecule has 1 aliphatic heterocycles. The maximum atomic E-state index is 13.3. The van der Waals surface area contributed by atoms with Crippen molar-refractivity contribution >= 4 is 57.1 Å². The minimum absolute atomic E-state index is 0.0351. The Kier molecular flexibility index (Phi) is 6.13. The number of anilines is 3. The summed E-state index contributed by atoms with van der Waals surface area (Å²) in [6, 6.07) is 13.6. The van der Waals surface area contributed by atoms with E-state index >= 15 is 0 Å². The van der Waals surface area contributed by atoms with Crippen molar-refractivity contribution in [2.75, 3.05) is 16.0 Å². The first-order valence-corrected chi connectivity index (χ1v) is 11.6. The molecule has 1 amide bonds. The molecule has 1 aromatic heterocycles. The van der Waals surface area contributed by atoms with Gasteiger partial charge in [0.2, 0.25) is 0 Å². The van der Waals surface area contributed by atoms with Gasteiger partial charge in [0.15, 0.2) is 6.29 Å². The number of rotatable bonds is 5. The van der Waals surface area contributed by atoms with Gasteiger partial charge in [-0.3, -0.25) is 4.79 Å². The zero-order chi connectivity index (χ0) is 25.6. The summed E-state index contributed by atoms with van der Waals surface area (Å²) in [7, 11) is 0. The highest BCUT2D eigenvalue weighted by Crippen LogP contribution is 2.41. The van der Waals surface area contributed by atoms with E-state index < -0.39 is 23.9 Å². The van der Waals surface area contributed by atoms with Crippen LogP contribution in [0.15, 0.2) is 59.0 Å². The van der Waals surface area contributed by atoms with Crippen LogP contribution in [0.3, 0.4) is 0 Å². The average molecular weight is 535 g/mol. The molecular weight excluding hydrogens is 516 g/mol. The molecular formula is C25H19Cl2F3N4O2. The minimum atomic E-state index is -4.53. The molecule has 11 heteroatoms. The molecule has 4 N–H and O–H groups in total. The molecule has 4 aromatic rings. The van der Waals surface area contributed by atoms with E-state index in [1.54, 1.807) is 37.3 Å². The van der Waals surface area contributed by atoms with Crippen molar-refractivity contribution in [3.8, 4) is 0 Å². The van der Waals surface area contributed by atoms with Gasteiger partial charge in [-0.25, -0.2) is 0 Å². The minimum Gasteiger partial charge on any atom is -0.460 e. The van der Waals surface area contributed by atoms with Gasteiger partial charge in [0.05, 0.1) is 38.2 Å². The Balaban J connectivity index is 1.42. The van der Waals surface area contributed by atoms with Gasteiger partial charge in [0, 0.05) is 11.9 Å². The second-order valence-corrected chi connectivity index (χ2v) is 9.06. The van der Waals surface area contributed by atoms with E-state index in [1.165, 1.54) is 18.2 Å². The van der Waals surface area contributed by atoms with Gasteiger partial charge in [0.1, 0.15) is 11.3 Å². The van der Waals surface area contributed by atoms with Crippen molar-refractivity contribution in [3.63, 3.8) is 0 Å². The lowest BCUT2D eigenvalue weighted by molar-refractivity contribution is -0.138. The number of aryl methyl sites for hydroxylation is 1. The highest BCUT2D eigenvalue weighted by molar-refractivity contribution is 6.39. The van der Waals surface area contributed by atoms with Gasteiger partial charge in [0.25, 0.3) is 5.91 Å². The Morgan fingerprint density at radius 2 is 1.78 bits per heavy atom. The van der Waals surface area contributed by atoms with E-state index in [1.807, 2.05) is 0 Å². The molecule has 186 valence electrons. The third-order valence-electron chi connectivity index (χ3n) is 5.77. The van der Waals surface area contributed by atoms with Gasteiger partial charge in [-0.1, -0.05) is 47.5 Å². The van der Waals surface area contributed by atoms with Crippen LogP contribution in [-0.4, -0.2) is 12.2 Å². The van der Waals surface area contributed by atoms with Crippen LogP contribution in [0, 0.1) is 6.92 Å². The quantitative estimate of drug-likeness (QED) is 0.217. The SMILES string of the molecule is Cc1cc2c3c(cc(C(=O)NCc4ccccc4C(F)(F)F)c2o1)NC(Nc1c(Cl)cccc1Cl)N3. The smallest absolute Gasteiger partial charge is 0.416 e. The summed E-state index contributed by atoms with van der Waals surface area (Å²) in [6.07, 6.45) is -5.03. The molecule has 0 aliphatic carbocycles. The monoisotopic (exact) mass is 534 g/mol. The summed E-state index contributed by atoms with van der Waals surface area (Å²) in [5.41, 5.74) is 1.50. The number of furan rings is 1. The van der Waals surface area contributed by atoms with Gasteiger partial charge >= 0.3 is 6.18 Å². The lowest BCUT2D eigenvalue weighted by atomic mass is 10.1. The van der Waals surface area contributed by atoms with Crippen LogP contribution in [0.4, 0.5) is 30.2 Å². The van der Waals surface area contributed by atoms with Gasteiger partial charge in [-0.2, -0.15) is 13.2 Å². The summed E-state index contributed by atoms with van der Waals surface area (Å²) in [6.45, 7) is 1.45. The zero-order valence-corrected chi connectivity index (χ0v) is 20.2. The van der Waals surface area contributed by atoms with Crippen LogP contribution in [0.25, 0.3) is 11.0 Å². The van der Waals surface area contributed by atoms with E-state index in [0.717, 1.165) is 6.07 Å². The molecule has 0 saturated carbocycles. The van der Waals surface area contributed by atoms with E-state index in [2.05, 4.69) is 21.3 Å². The van der Waals surface area contributed by atoms with Crippen molar-refractivity contribution in [1.82, 2.24) is 5.32 Å². The maximum absolute atomic E-state index is 13.3. The second kappa shape index (κ2) is 9.15. The number of benzene rings is 3. The molecule has 36 heavy (non-hydrogen) atoms. The van der Waals surface area contributed by atoms with Crippen molar-refractivity contribution in [2.45, 2.75) is 25.9 Å². The van der Waals surface area contributed by atoms with Crippen LogP contribution >= 0.6 is 23.2 Å². The van der Waals surface area contributed by atoms with E-state index in [-0.39, 0.29) is 17.7 Å². The van der Waals surface area contributed by atoms with Crippen molar-refractivity contribution in [2.24, 2.45) is 0 Å². The molecule has 3 aromatic carbocycles. The summed E-state index contributed by atoms with van der Waals surface area (Å²) in [4.78, 5) is 13.1. The first-order chi connectivity index (χ1) is 17.1. The summed E-state index contributed by atoms with van der Waals surface area (Å²) in [5, 5.41) is 13.8. The molecule has 5 rings (SSSR count). The predicted octanol–water partition coefficient (Wildman–Crippen LogP) is 7.23. The van der Waals surface area contributed by atoms with Gasteiger partial charge in [-0.15, -0.1) is 0 Å². The van der Waals surface area contributed by atoms with Crippen molar-refractivity contribution < 1.29 is 22.4 Å². The Morgan fingerprint density at radius 3 is 2.50 bits per heavy atom. The Bertz CT molecular complexity index is 1470. The first-order valence-electron chi connectivity index (χ1n) is 10.9. The third-order valence-corrected chi connectivity index (χ3v) is 6.40. The number of carbonyl (C=O) groups is 1. The molecule has 1 aliphatic rings. The Hall–Kier alpha value is -3.56. The van der Waals surface area contributed by atoms with E-state index in [0.29, 0.717) is 43.8 Å². The highest BCUT2D eigenvalue weighted by Gasteiger charge is 2.33. The second-order valence-electron chi connectivity index (χ2n) is 8.25. The molecule has 6 nitrogen and oxygen atoms in total. The summed E-state index contributed by atoms with van der Waals surface area (Å²) in [5.74, 6) is 0.00343. The largest absolute Gasteiger partial charge is 0.460 e. The van der Waals surface area contributed by atoms with Crippen LogP contribution in [0.5, 0.6) is 0 Å². The lowest BCUT2D eigenvalue weighted by Gasteiger charge is -2.17. The third kappa shape index (κ3) is 4.52. The fraction of sp³-hybridized carbons (Fsp3) is 0.160. The summed E-state index contributed by atoms with van der Waals surface area (Å²) >= 11 is 12.5. The summed E-state index contributed by atoms with van der Waals surface area (Å²) < 4.78 is 45.8. The number of para-hydroxylation sites is 1. The topological polar surface area (TPSA) is 78.3 Å². The van der Waals surface area contributed by atoms with E-state index in [4.69, 9.17) is 27.6 Å². The normalized spacial score (nSPS) is 14.8. The number of halogens is 5. The molecule has 1 atom stereocenters. The van der Waals surface area contributed by atoms with E-state index in [9.17, 15) is 18.0 Å². The maximum Gasteiger partial charge on any atom is 0.416 e. The van der Waals surface area contributed by atoms with Crippen LogP contribution in [-0.2, 0) is 12.7 Å². The van der Waals surface area contributed by atoms with Crippen LogP contribution in [0.1, 0.15) is 27.2 Å². The Labute approximate surface area is 213 Å². The number of fused-ring (bicyclic) bond motifs is 3. The number of carbonyl (C=O) groups excluding carboxylic acids is 1. The Morgan fingerprint density at radius 1 is 1.06 bits per heavy atom. The van der Waals surface area contributed by atoms with Crippen LogP contribution in [0.2, 0.25) is 10.0 Å². The van der Waals surface area contributed by atoms with Gasteiger partial charge in [-0.05, 0) is 42.8 Å². The average Bonchev–Trinajstić information content (AvgIpc) is 3.41. The fourth-order valence-electron chi connectivity index (χ4n) is 4.18. The zero-order valence-electron chi connectivity index (χ0n) is 18.7. The van der Waals surface area contributed by atoms with Crippen molar-refractivity contribution in [1.29, 1.82) is 0 Å². The number of amides is 1. The van der Waals surface area contributed by atoms with Crippen LogP contribution < -0.4 is 21.3 Å². The highest BCUT2D eigenvalue weighted by atomic mass is 35.5. The lowest BCUT2D eigenvalue weighted by Crippen LogP contribution is -2.31. The fourth-order valence-corrected chi connectivity index (χ4v) is 4.68. The number of nitrogens with one attached hydrogen (secondary N) is 4. The predicted molar refractivity (Wildman–Crippen MR) is 135 cm³/mol. The molecule has 2 heterocycles. The standard InChI is InChI=1S/C25H19Cl2F3N4O2/c1-12-9-14-20-19(32-24(33-20)34-21-17(26)7-4-8-18(21)27)10-15(22(14)36-12)23(35)31-11-13-5-2-3-6-16(13)25(28,29)30/h2-10,24,32-34H,11H2,1H3,(H,31,35).